The minimum absolute atomic E-state index is 0.0218. The number of ether oxygens (including phenoxy) is 1. The van der Waals surface area contributed by atoms with Gasteiger partial charge in [0, 0.05) is 37.8 Å². The summed E-state index contributed by atoms with van der Waals surface area (Å²) in [5.41, 5.74) is 2.25. The third kappa shape index (κ3) is 4.84. The van der Waals surface area contributed by atoms with Gasteiger partial charge in [-0.05, 0) is 43.3 Å². The van der Waals surface area contributed by atoms with E-state index in [4.69, 9.17) is 4.74 Å². The number of benzene rings is 2. The number of aromatic nitrogens is 4. The molecule has 5 rings (SSSR count). The number of rotatable bonds is 6. The zero-order valence-corrected chi connectivity index (χ0v) is 19.5. The van der Waals surface area contributed by atoms with E-state index in [1.54, 1.807) is 29.4 Å². The molecule has 1 aliphatic heterocycles. The van der Waals surface area contributed by atoms with E-state index in [1.807, 2.05) is 43.3 Å². The molecular weight excluding hydrogens is 444 g/mol. The van der Waals surface area contributed by atoms with Gasteiger partial charge in [0.05, 0.1) is 29.5 Å². The standard InChI is InChI=1S/C26H26N6O3/c1-2-35-20-9-7-19(8-10-20)23-15-24(28-17-27-23)30-11-13-31(14-12-30)25(33)16-32-18-29-22-6-4-3-5-21(22)26(32)34/h3-10,15,17-18H,2,11-14,16H2,1H3. The molecule has 0 radical (unpaired) electrons. The molecule has 35 heavy (non-hydrogen) atoms. The van der Waals surface area contributed by atoms with Crippen LogP contribution in [0.4, 0.5) is 5.82 Å². The number of hydrogen-bond donors (Lipinski definition) is 0. The summed E-state index contributed by atoms with van der Waals surface area (Å²) < 4.78 is 6.89. The Hall–Kier alpha value is -4.27. The van der Waals surface area contributed by atoms with Crippen LogP contribution < -0.4 is 15.2 Å². The van der Waals surface area contributed by atoms with Gasteiger partial charge < -0.3 is 14.5 Å². The van der Waals surface area contributed by atoms with Gasteiger partial charge in [-0.15, -0.1) is 0 Å². The van der Waals surface area contributed by atoms with Gasteiger partial charge in [-0.25, -0.2) is 15.0 Å². The molecule has 178 valence electrons. The highest BCUT2D eigenvalue weighted by Gasteiger charge is 2.23. The zero-order valence-electron chi connectivity index (χ0n) is 19.5. The third-order valence-corrected chi connectivity index (χ3v) is 6.11. The fraction of sp³-hybridized carbons (Fsp3) is 0.269. The Kier molecular flexibility index (Phi) is 6.38. The first kappa shape index (κ1) is 22.5. The molecule has 0 saturated carbocycles. The lowest BCUT2D eigenvalue weighted by Gasteiger charge is -2.35. The highest BCUT2D eigenvalue weighted by Crippen LogP contribution is 2.24. The van der Waals surface area contributed by atoms with Crippen molar-refractivity contribution < 1.29 is 9.53 Å². The molecule has 0 atom stereocenters. The van der Waals surface area contributed by atoms with Crippen LogP contribution in [-0.2, 0) is 11.3 Å². The van der Waals surface area contributed by atoms with E-state index in [0.29, 0.717) is 43.7 Å². The second kappa shape index (κ2) is 9.92. The van der Waals surface area contributed by atoms with Crippen LogP contribution in [0.15, 0.2) is 72.0 Å². The number of amides is 1. The first-order valence-electron chi connectivity index (χ1n) is 11.6. The first-order valence-corrected chi connectivity index (χ1v) is 11.6. The van der Waals surface area contributed by atoms with Crippen LogP contribution in [0.3, 0.4) is 0 Å². The molecule has 0 N–H and O–H groups in total. The fourth-order valence-electron chi connectivity index (χ4n) is 4.22. The minimum atomic E-state index is -0.203. The van der Waals surface area contributed by atoms with Crippen LogP contribution in [0.5, 0.6) is 5.75 Å². The predicted molar refractivity (Wildman–Crippen MR) is 133 cm³/mol. The lowest BCUT2D eigenvalue weighted by molar-refractivity contribution is -0.132. The van der Waals surface area contributed by atoms with Crippen molar-refractivity contribution in [2.24, 2.45) is 0 Å². The zero-order chi connectivity index (χ0) is 24.2. The van der Waals surface area contributed by atoms with Gasteiger partial charge >= 0.3 is 0 Å². The summed E-state index contributed by atoms with van der Waals surface area (Å²) >= 11 is 0. The molecule has 0 bridgehead atoms. The van der Waals surface area contributed by atoms with Crippen molar-refractivity contribution in [3.05, 3.63) is 77.6 Å². The summed E-state index contributed by atoms with van der Waals surface area (Å²) in [6.07, 6.45) is 3.01. The number of anilines is 1. The highest BCUT2D eigenvalue weighted by atomic mass is 16.5. The van der Waals surface area contributed by atoms with E-state index in [2.05, 4.69) is 19.9 Å². The first-order chi connectivity index (χ1) is 17.1. The molecule has 2 aromatic carbocycles. The Labute approximate surface area is 202 Å². The topological polar surface area (TPSA) is 93.5 Å². The molecule has 0 spiro atoms. The predicted octanol–water partition coefficient (Wildman–Crippen LogP) is 2.60. The molecular formula is C26H26N6O3. The average molecular weight is 471 g/mol. The summed E-state index contributed by atoms with van der Waals surface area (Å²) in [5, 5.41) is 0.514. The summed E-state index contributed by atoms with van der Waals surface area (Å²) in [5.74, 6) is 1.56. The van der Waals surface area contributed by atoms with Gasteiger partial charge in [0.15, 0.2) is 0 Å². The Balaban J connectivity index is 1.23. The number of para-hydroxylation sites is 1. The smallest absolute Gasteiger partial charge is 0.261 e. The quantitative estimate of drug-likeness (QED) is 0.428. The van der Waals surface area contributed by atoms with Crippen molar-refractivity contribution in [1.82, 2.24) is 24.4 Å². The Morgan fingerprint density at radius 2 is 1.74 bits per heavy atom. The van der Waals surface area contributed by atoms with Gasteiger partial charge in [0.2, 0.25) is 5.91 Å². The molecule has 2 aromatic heterocycles. The summed E-state index contributed by atoms with van der Waals surface area (Å²) in [6.45, 7) is 4.96. The van der Waals surface area contributed by atoms with Gasteiger partial charge in [-0.3, -0.25) is 14.2 Å². The lowest BCUT2D eigenvalue weighted by atomic mass is 10.1. The number of nitrogens with zero attached hydrogens (tertiary/aromatic N) is 6. The number of carbonyl (C=O) groups is 1. The molecule has 1 aliphatic rings. The maximum atomic E-state index is 12.9. The molecule has 4 aromatic rings. The molecule has 0 unspecified atom stereocenters. The van der Waals surface area contributed by atoms with Gasteiger partial charge in [-0.1, -0.05) is 12.1 Å². The van der Waals surface area contributed by atoms with Crippen molar-refractivity contribution in [3.63, 3.8) is 0 Å². The van der Waals surface area contributed by atoms with E-state index in [-0.39, 0.29) is 18.0 Å². The van der Waals surface area contributed by atoms with Crippen LogP contribution in [-0.4, -0.2) is 63.1 Å². The Bertz CT molecular complexity index is 1390. The van der Waals surface area contributed by atoms with E-state index in [0.717, 1.165) is 22.8 Å². The lowest BCUT2D eigenvalue weighted by Crippen LogP contribution is -2.50. The molecule has 1 fully saturated rings. The maximum Gasteiger partial charge on any atom is 0.261 e. The Morgan fingerprint density at radius 1 is 0.971 bits per heavy atom. The highest BCUT2D eigenvalue weighted by molar-refractivity contribution is 5.79. The van der Waals surface area contributed by atoms with Crippen LogP contribution >= 0.6 is 0 Å². The monoisotopic (exact) mass is 470 g/mol. The largest absolute Gasteiger partial charge is 0.494 e. The Morgan fingerprint density at radius 3 is 2.51 bits per heavy atom. The normalized spacial score (nSPS) is 13.7. The van der Waals surface area contributed by atoms with Gasteiger partial charge in [0.1, 0.15) is 24.4 Å². The van der Waals surface area contributed by atoms with Crippen molar-refractivity contribution in [2.75, 3.05) is 37.7 Å². The number of hydrogen-bond acceptors (Lipinski definition) is 7. The van der Waals surface area contributed by atoms with Crippen LogP contribution in [0.25, 0.3) is 22.2 Å². The van der Waals surface area contributed by atoms with Crippen LogP contribution in [0, 0.1) is 0 Å². The molecule has 9 nitrogen and oxygen atoms in total. The molecule has 1 amide bonds. The fourth-order valence-corrected chi connectivity index (χ4v) is 4.22. The maximum absolute atomic E-state index is 12.9. The van der Waals surface area contributed by atoms with E-state index < -0.39 is 0 Å². The van der Waals surface area contributed by atoms with Crippen molar-refractivity contribution in [3.8, 4) is 17.0 Å². The van der Waals surface area contributed by atoms with Crippen molar-refractivity contribution >= 4 is 22.6 Å². The van der Waals surface area contributed by atoms with E-state index >= 15 is 0 Å². The summed E-state index contributed by atoms with van der Waals surface area (Å²) in [4.78, 5) is 42.7. The molecule has 0 aliphatic carbocycles. The molecule has 3 heterocycles. The van der Waals surface area contributed by atoms with Gasteiger partial charge in [0.25, 0.3) is 5.56 Å². The summed E-state index contributed by atoms with van der Waals surface area (Å²) in [6, 6.07) is 16.9. The second-order valence-electron chi connectivity index (χ2n) is 8.28. The average Bonchev–Trinajstić information content (AvgIpc) is 2.91. The van der Waals surface area contributed by atoms with E-state index in [9.17, 15) is 9.59 Å². The SMILES string of the molecule is CCOc1ccc(-c2cc(N3CCN(C(=O)Cn4cnc5ccccc5c4=O)CC3)ncn2)cc1. The minimum Gasteiger partial charge on any atom is -0.494 e. The molecule has 1 saturated heterocycles. The van der Waals surface area contributed by atoms with E-state index in [1.165, 1.54) is 10.9 Å². The van der Waals surface area contributed by atoms with Gasteiger partial charge in [-0.2, -0.15) is 0 Å². The van der Waals surface area contributed by atoms with Crippen molar-refractivity contribution in [1.29, 1.82) is 0 Å². The second-order valence-corrected chi connectivity index (χ2v) is 8.28. The summed E-state index contributed by atoms with van der Waals surface area (Å²) in [7, 11) is 0. The molecule has 9 heteroatoms. The number of fused-ring (bicyclic) bond motifs is 1. The van der Waals surface area contributed by atoms with Crippen LogP contribution in [0.2, 0.25) is 0 Å². The van der Waals surface area contributed by atoms with Crippen LogP contribution in [0.1, 0.15) is 6.92 Å². The van der Waals surface area contributed by atoms with Crippen molar-refractivity contribution in [2.45, 2.75) is 13.5 Å². The third-order valence-electron chi connectivity index (χ3n) is 6.11. The number of carbonyl (C=O) groups excluding carboxylic acids is 1. The number of piperazine rings is 1.